The number of amides is 1. The molecule has 0 saturated heterocycles. The molecule has 2 saturated carbocycles. The van der Waals surface area contributed by atoms with Gasteiger partial charge >= 0.3 is 24.2 Å². The molecule has 0 radical (unpaired) electrons. The summed E-state index contributed by atoms with van der Waals surface area (Å²) in [6.07, 6.45) is -2.59. The van der Waals surface area contributed by atoms with Gasteiger partial charge in [0.25, 0.3) is 0 Å². The Balaban J connectivity index is 1.62. The first-order valence-electron chi connectivity index (χ1n) is 14.8. The highest BCUT2D eigenvalue weighted by Crippen LogP contribution is 2.71. The van der Waals surface area contributed by atoms with Crippen molar-refractivity contribution in [3.05, 3.63) is 58.2 Å². The molecule has 1 amide bonds. The highest BCUT2D eigenvalue weighted by Gasteiger charge is 2.81. The second kappa shape index (κ2) is 11.4. The number of fused-ring (bicyclic) bond motifs is 4. The Morgan fingerprint density at radius 1 is 1.09 bits per heavy atom. The van der Waals surface area contributed by atoms with E-state index in [0.29, 0.717) is 43.4 Å². The number of halogens is 5. The zero-order valence-electron chi connectivity index (χ0n) is 24.7. The monoisotopic (exact) mass is 622 g/mol. The molecule has 0 bridgehead atoms. The van der Waals surface area contributed by atoms with Gasteiger partial charge in [-0.2, -0.15) is 22.0 Å². The van der Waals surface area contributed by atoms with Gasteiger partial charge in [0.15, 0.2) is 11.4 Å². The van der Waals surface area contributed by atoms with E-state index in [4.69, 9.17) is 9.57 Å². The van der Waals surface area contributed by atoms with Crippen molar-refractivity contribution in [2.75, 3.05) is 6.54 Å². The topological polar surface area (TPSA) is 94.1 Å². The molecule has 4 aliphatic rings. The van der Waals surface area contributed by atoms with Crippen LogP contribution in [0.1, 0.15) is 82.8 Å². The van der Waals surface area contributed by atoms with Gasteiger partial charge in [0, 0.05) is 31.2 Å². The Kier molecular flexibility index (Phi) is 8.26. The fourth-order valence-electron chi connectivity index (χ4n) is 8.30. The molecule has 2 fully saturated rings. The van der Waals surface area contributed by atoms with E-state index >= 15 is 8.78 Å². The number of oxime groups is 1. The van der Waals surface area contributed by atoms with E-state index in [1.54, 1.807) is 37.3 Å². The molecule has 1 aromatic rings. The number of alkyl halides is 5. The fraction of sp³-hybridized carbons (Fsp3) is 0.562. The number of benzene rings is 1. The van der Waals surface area contributed by atoms with E-state index in [1.165, 1.54) is 13.1 Å². The van der Waals surface area contributed by atoms with Crippen LogP contribution in [-0.4, -0.2) is 48.3 Å². The van der Waals surface area contributed by atoms with E-state index in [0.717, 1.165) is 23.6 Å². The predicted octanol–water partition coefficient (Wildman–Crippen LogP) is 7.17. The van der Waals surface area contributed by atoms with Crippen molar-refractivity contribution in [3.63, 3.8) is 0 Å². The van der Waals surface area contributed by atoms with Gasteiger partial charge < -0.3 is 10.1 Å². The number of carbonyl (C=O) groups is 3. The van der Waals surface area contributed by atoms with Gasteiger partial charge in [-0.3, -0.25) is 14.4 Å². The van der Waals surface area contributed by atoms with Crippen molar-refractivity contribution in [2.45, 2.75) is 89.3 Å². The lowest BCUT2D eigenvalue weighted by Gasteiger charge is -2.56. The molecule has 44 heavy (non-hydrogen) atoms. The van der Waals surface area contributed by atoms with Gasteiger partial charge in [-0.15, -0.1) is 0 Å². The first-order valence-corrected chi connectivity index (χ1v) is 14.8. The number of rotatable bonds is 6. The van der Waals surface area contributed by atoms with Gasteiger partial charge in [0.2, 0.25) is 0 Å². The summed E-state index contributed by atoms with van der Waals surface area (Å²) in [5.41, 5.74) is -0.672. The van der Waals surface area contributed by atoms with Crippen molar-refractivity contribution >= 4 is 24.1 Å². The molecule has 0 spiro atoms. The molecule has 5 rings (SSSR count). The number of hydrogen-bond donors (Lipinski definition) is 1. The lowest BCUT2D eigenvalue weighted by Crippen LogP contribution is -2.67. The number of hydrogen-bond acceptors (Lipinski definition) is 6. The molecular weight excluding hydrogens is 587 g/mol. The van der Waals surface area contributed by atoms with Crippen LogP contribution < -0.4 is 5.32 Å². The fourth-order valence-corrected chi connectivity index (χ4v) is 8.30. The summed E-state index contributed by atoms with van der Waals surface area (Å²) in [4.78, 5) is 40.7. The first-order chi connectivity index (χ1) is 20.6. The number of nitrogens with zero attached hydrogens (tertiary/aromatic N) is 1. The molecule has 2 unspecified atom stereocenters. The quantitative estimate of drug-likeness (QED) is 0.119. The molecule has 238 valence electrons. The van der Waals surface area contributed by atoms with E-state index in [2.05, 4.69) is 10.5 Å². The van der Waals surface area contributed by atoms with E-state index < -0.39 is 53.4 Å². The third kappa shape index (κ3) is 5.13. The van der Waals surface area contributed by atoms with Crippen LogP contribution in [0, 0.1) is 17.3 Å². The van der Waals surface area contributed by atoms with E-state index in [9.17, 15) is 27.6 Å². The molecule has 0 aliphatic heterocycles. The third-order valence-electron chi connectivity index (χ3n) is 10.0. The molecular formula is C32H35F5N2O5. The number of ketones is 1. The molecule has 12 heteroatoms. The summed E-state index contributed by atoms with van der Waals surface area (Å²) in [5, 5.41) is 6.09. The van der Waals surface area contributed by atoms with Gasteiger partial charge in [-0.05, 0) is 85.6 Å². The highest BCUT2D eigenvalue weighted by molar-refractivity contribution is 5.93. The second-order valence-corrected chi connectivity index (χ2v) is 12.3. The van der Waals surface area contributed by atoms with Crippen molar-refractivity contribution < 1.29 is 45.9 Å². The maximum Gasteiger partial charge on any atom is 0.457 e. The van der Waals surface area contributed by atoms with Gasteiger partial charge in [-0.25, -0.2) is 4.79 Å². The van der Waals surface area contributed by atoms with Crippen LogP contribution in [0.3, 0.4) is 0 Å². The minimum Gasteiger partial charge on any atom is -0.452 e. The number of nitrogens with one attached hydrogen (secondary N) is 1. The minimum atomic E-state index is -5.93. The average molecular weight is 623 g/mol. The molecule has 1 aromatic carbocycles. The van der Waals surface area contributed by atoms with Crippen molar-refractivity contribution in [1.82, 2.24) is 5.32 Å². The number of esters is 1. The smallest absolute Gasteiger partial charge is 0.452 e. The van der Waals surface area contributed by atoms with Crippen molar-refractivity contribution in [2.24, 2.45) is 22.4 Å². The van der Waals surface area contributed by atoms with Crippen LogP contribution in [0.25, 0.3) is 0 Å². The maximum atomic E-state index is 15.7. The average Bonchev–Trinajstić information content (AvgIpc) is 3.24. The van der Waals surface area contributed by atoms with Crippen LogP contribution >= 0.6 is 0 Å². The van der Waals surface area contributed by atoms with Gasteiger partial charge in [0.1, 0.15) is 0 Å². The van der Waals surface area contributed by atoms with E-state index in [-0.39, 0.29) is 24.5 Å². The summed E-state index contributed by atoms with van der Waals surface area (Å²) < 4.78 is 79.0. The summed E-state index contributed by atoms with van der Waals surface area (Å²) in [6.45, 7) is 4.38. The third-order valence-corrected chi connectivity index (χ3v) is 10.0. The van der Waals surface area contributed by atoms with Crippen molar-refractivity contribution in [3.8, 4) is 0 Å². The summed E-state index contributed by atoms with van der Waals surface area (Å²) in [7, 11) is 0. The molecule has 1 N–H and O–H groups in total. The first kappa shape index (κ1) is 31.8. The standard InChI is InChI=1S/C32H35F5N2O5/c1-4-38-28(42)44-39-17-19-5-7-20(8-6-19)25-16-29(3)26(24-11-9-21-15-22(41)10-12-23(21)27(24)25)13-14-30(29,43-18(2)40)31(33,34)32(35,36)37/h5-8,15,17,24-26H,4,9-14,16H2,1-3H3,(H,38,42)/b39-17+/t24?,25-,26?,29+,30+/m1/s1. The summed E-state index contributed by atoms with van der Waals surface area (Å²) >= 11 is 0. The molecule has 0 aromatic heterocycles. The summed E-state index contributed by atoms with van der Waals surface area (Å²) in [6, 6.07) is 6.89. The molecule has 4 aliphatic carbocycles. The zero-order valence-corrected chi connectivity index (χ0v) is 24.7. The van der Waals surface area contributed by atoms with Gasteiger partial charge in [-0.1, -0.05) is 41.9 Å². The predicted molar refractivity (Wildman–Crippen MR) is 150 cm³/mol. The number of ether oxygens (including phenoxy) is 1. The second-order valence-electron chi connectivity index (χ2n) is 12.3. The van der Waals surface area contributed by atoms with Crippen molar-refractivity contribution in [1.29, 1.82) is 0 Å². The SMILES string of the molecule is CCNC(=O)O/N=C/c1ccc([C@H]2C[C@@]3(C)C(CC[C@@]3(OC(C)=O)C(F)(F)C(F)(F)F)C3CCC4=CC(=O)CCC4=C32)cc1. The number of carbonyl (C=O) groups excluding carboxylic acids is 3. The molecule has 7 nitrogen and oxygen atoms in total. The van der Waals surface area contributed by atoms with E-state index in [1.807, 2.05) is 0 Å². The Bertz CT molecular complexity index is 1430. The number of allylic oxidation sites excluding steroid dienone is 4. The zero-order chi connectivity index (χ0) is 32.1. The van der Waals surface area contributed by atoms with Crippen LogP contribution in [0.2, 0.25) is 0 Å². The maximum absolute atomic E-state index is 15.7. The Hall–Kier alpha value is -3.57. The molecule has 0 heterocycles. The largest absolute Gasteiger partial charge is 0.457 e. The highest BCUT2D eigenvalue weighted by atomic mass is 19.4. The minimum absolute atomic E-state index is 0.0121. The van der Waals surface area contributed by atoms with Crippen LogP contribution in [0.15, 0.2) is 52.2 Å². The normalized spacial score (nSPS) is 30.3. The Morgan fingerprint density at radius 3 is 2.43 bits per heavy atom. The Morgan fingerprint density at radius 2 is 1.80 bits per heavy atom. The van der Waals surface area contributed by atoms with Gasteiger partial charge in [0.05, 0.1) is 6.21 Å². The molecule has 5 atom stereocenters. The Labute approximate surface area is 251 Å². The summed E-state index contributed by atoms with van der Waals surface area (Å²) in [5.74, 6) is -7.94. The lowest BCUT2D eigenvalue weighted by molar-refractivity contribution is -0.363. The lowest BCUT2D eigenvalue weighted by atomic mass is 9.50. The van der Waals surface area contributed by atoms with Crippen LogP contribution in [0.5, 0.6) is 0 Å². The van der Waals surface area contributed by atoms with Crippen LogP contribution in [-0.2, 0) is 19.2 Å². The van der Waals surface area contributed by atoms with Crippen LogP contribution in [0.4, 0.5) is 26.7 Å².